The van der Waals surface area contributed by atoms with Crippen LogP contribution in [0.2, 0.25) is 0 Å². The minimum Gasteiger partial charge on any atom is -0.481 e. The van der Waals surface area contributed by atoms with Gasteiger partial charge in [0.05, 0.1) is 13.2 Å². The van der Waals surface area contributed by atoms with Crippen LogP contribution in [0.3, 0.4) is 0 Å². The van der Waals surface area contributed by atoms with Gasteiger partial charge >= 0.3 is 6.03 Å². The monoisotopic (exact) mass is 422 g/mol. The van der Waals surface area contributed by atoms with E-state index in [9.17, 15) is 0 Å². The first-order valence-corrected chi connectivity index (χ1v) is 6.94. The summed E-state index contributed by atoms with van der Waals surface area (Å²) in [7, 11) is 0. The molecule has 0 aliphatic carbocycles. The lowest BCUT2D eigenvalue weighted by molar-refractivity contribution is -0.135. The predicted octanol–water partition coefficient (Wildman–Crippen LogP) is -2.74. The molecule has 172 valence electrons. The molecular weight excluding hydrogens is 388 g/mol. The lowest BCUT2D eigenvalue weighted by Gasteiger charge is -1.72. The average molecular weight is 422 g/mol. The van der Waals surface area contributed by atoms with Crippen molar-refractivity contribution in [1.29, 1.82) is 0 Å². The Hall–Kier alpha value is -3.01. The van der Waals surface area contributed by atoms with Gasteiger partial charge in [0.2, 0.25) is 0 Å². The fourth-order valence-corrected chi connectivity index (χ4v) is 0. The van der Waals surface area contributed by atoms with Crippen LogP contribution in [0, 0.1) is 0 Å². The van der Waals surface area contributed by atoms with Gasteiger partial charge in [0, 0.05) is 40.8 Å². The van der Waals surface area contributed by atoms with Crippen LogP contribution in [-0.4, -0.2) is 86.9 Å². The topological polar surface area (TPSA) is 311 Å². The number of rotatable bonds is 2. The number of carbonyl (C=O) groups excluding carboxylic acids is 1. The number of hydrogen-bond donors (Lipinski definition) is 10. The Morgan fingerprint density at radius 3 is 0.643 bits per heavy atom. The fourth-order valence-electron chi connectivity index (χ4n) is 0. The van der Waals surface area contributed by atoms with E-state index >= 15 is 0 Å². The first kappa shape index (κ1) is 44.4. The summed E-state index contributed by atoms with van der Waals surface area (Å²) in [6, 6.07) is -0.833. The van der Waals surface area contributed by atoms with Gasteiger partial charge in [0.15, 0.2) is 0 Å². The summed E-state index contributed by atoms with van der Waals surface area (Å²) in [6.45, 7) is 5.28. The van der Waals surface area contributed by atoms with Gasteiger partial charge in [-0.1, -0.05) is 0 Å². The van der Waals surface area contributed by atoms with Crippen molar-refractivity contribution in [3.8, 4) is 0 Å². The number of hydrogen-bond acceptors (Lipinski definition) is 9. The molecule has 15 nitrogen and oxygen atoms in total. The van der Waals surface area contributed by atoms with Crippen LogP contribution in [0.1, 0.15) is 27.7 Å². The molecule has 0 bridgehead atoms. The molecule has 0 radical (unpaired) electrons. The average Bonchev–Trinajstić information content (AvgIpc) is 2.44. The number of carboxylic acid groups (broad SMARTS) is 4. The van der Waals surface area contributed by atoms with Crippen molar-refractivity contribution in [2.75, 3.05) is 26.3 Å². The molecule has 0 aromatic carbocycles. The second-order valence-electron chi connectivity index (χ2n) is 3.50. The van der Waals surface area contributed by atoms with E-state index in [-0.39, 0.29) is 13.2 Å². The molecule has 0 heterocycles. The number of aliphatic carboxylic acids is 4. The first-order chi connectivity index (χ1) is 12.5. The Morgan fingerprint density at radius 2 is 0.643 bits per heavy atom. The van der Waals surface area contributed by atoms with E-state index in [1.165, 1.54) is 0 Å². The molecular formula is C13H34N4O11. The molecule has 0 unspecified atom stereocenters. The zero-order valence-corrected chi connectivity index (χ0v) is 16.4. The molecule has 0 atom stereocenters. The quantitative estimate of drug-likeness (QED) is 0.216. The zero-order valence-electron chi connectivity index (χ0n) is 16.4. The second kappa shape index (κ2) is 49.6. The number of nitrogens with two attached hydrogens (primary N) is 4. The van der Waals surface area contributed by atoms with E-state index in [1.54, 1.807) is 0 Å². The Kier molecular flexibility index (Phi) is 78.7. The first-order valence-electron chi connectivity index (χ1n) is 6.94. The standard InChI is InChI=1S/C2H8N2.4C2H4O2.C2H6O2.CH4N2O/c3-1-2-4;4*1-2(3)4;3-1-2-4;2-1(3)4/h1-4H2;4*1H3,(H,3,4);3-4H,1-2H2;(H4,2,3,4). The lowest BCUT2D eigenvalue weighted by Crippen LogP contribution is -2.18. The number of aliphatic hydroxyl groups excluding tert-OH is 2. The third kappa shape index (κ3) is 10900. The highest BCUT2D eigenvalue weighted by molar-refractivity contribution is 5.69. The van der Waals surface area contributed by atoms with E-state index in [4.69, 9.17) is 66.1 Å². The fraction of sp³-hybridized carbons (Fsp3) is 0.615. The van der Waals surface area contributed by atoms with Gasteiger partial charge < -0.3 is 53.6 Å². The Labute approximate surface area is 162 Å². The van der Waals surface area contributed by atoms with Crippen LogP contribution < -0.4 is 22.9 Å². The highest BCUT2D eigenvalue weighted by Crippen LogP contribution is 1.43. The van der Waals surface area contributed by atoms with Crippen molar-refractivity contribution in [3.05, 3.63) is 0 Å². The number of urea groups is 1. The largest absolute Gasteiger partial charge is 0.481 e. The van der Waals surface area contributed by atoms with E-state index < -0.39 is 29.9 Å². The minimum atomic E-state index is -0.833. The molecule has 0 fully saturated rings. The van der Waals surface area contributed by atoms with Crippen LogP contribution in [0.15, 0.2) is 0 Å². The zero-order chi connectivity index (χ0) is 24.7. The van der Waals surface area contributed by atoms with Crippen LogP contribution in [0.25, 0.3) is 0 Å². The molecule has 0 spiro atoms. The van der Waals surface area contributed by atoms with E-state index in [2.05, 4.69) is 11.5 Å². The number of aliphatic hydroxyl groups is 2. The Balaban J connectivity index is -0.0000000367. The van der Waals surface area contributed by atoms with Crippen LogP contribution >= 0.6 is 0 Å². The summed E-state index contributed by atoms with van der Waals surface area (Å²) >= 11 is 0. The van der Waals surface area contributed by atoms with Crippen LogP contribution in [0.4, 0.5) is 4.79 Å². The molecule has 0 saturated heterocycles. The SMILES string of the molecule is CC(=O)O.CC(=O)O.CC(=O)O.CC(=O)O.NC(N)=O.NCCN.OCCO. The van der Waals surface area contributed by atoms with Gasteiger partial charge in [-0.2, -0.15) is 0 Å². The second-order valence-corrected chi connectivity index (χ2v) is 3.50. The van der Waals surface area contributed by atoms with Gasteiger partial charge in [0.25, 0.3) is 23.9 Å². The molecule has 0 aromatic heterocycles. The molecule has 0 saturated carbocycles. The number of primary amides is 2. The molecule has 0 rings (SSSR count). The molecule has 15 heteroatoms. The maximum atomic E-state index is 9.00. The molecule has 28 heavy (non-hydrogen) atoms. The van der Waals surface area contributed by atoms with Gasteiger partial charge in [-0.3, -0.25) is 19.2 Å². The van der Waals surface area contributed by atoms with Crippen LogP contribution in [-0.2, 0) is 19.2 Å². The van der Waals surface area contributed by atoms with E-state index in [0.29, 0.717) is 13.1 Å². The van der Waals surface area contributed by atoms with Crippen molar-refractivity contribution >= 4 is 29.9 Å². The summed E-state index contributed by atoms with van der Waals surface area (Å²) in [5, 5.41) is 44.9. The molecule has 0 aliphatic heterocycles. The van der Waals surface area contributed by atoms with E-state index in [1.807, 2.05) is 0 Å². The van der Waals surface area contributed by atoms with Crippen molar-refractivity contribution < 1.29 is 54.6 Å². The number of carbonyl (C=O) groups is 5. The Bertz CT molecular complexity index is 269. The van der Waals surface area contributed by atoms with Crippen molar-refractivity contribution in [2.45, 2.75) is 27.7 Å². The third-order valence-corrected chi connectivity index (χ3v) is 0.267. The summed E-state index contributed by atoms with van der Waals surface area (Å²) < 4.78 is 0. The summed E-state index contributed by atoms with van der Waals surface area (Å²) in [5.41, 5.74) is 18.3. The van der Waals surface area contributed by atoms with Crippen molar-refractivity contribution in [3.63, 3.8) is 0 Å². The predicted molar refractivity (Wildman–Crippen MR) is 99.3 cm³/mol. The normalized spacial score (nSPS) is 6.57. The minimum absolute atomic E-state index is 0.125. The van der Waals surface area contributed by atoms with Crippen LogP contribution in [0.5, 0.6) is 0 Å². The van der Waals surface area contributed by atoms with E-state index in [0.717, 1.165) is 27.7 Å². The van der Waals surface area contributed by atoms with Gasteiger partial charge in [0.1, 0.15) is 0 Å². The summed E-state index contributed by atoms with van der Waals surface area (Å²) in [4.78, 5) is 45.0. The summed E-state index contributed by atoms with van der Waals surface area (Å²) in [6.07, 6.45) is 0. The Morgan fingerprint density at radius 1 is 0.571 bits per heavy atom. The molecule has 0 aromatic rings. The highest BCUT2D eigenvalue weighted by atomic mass is 16.4. The maximum Gasteiger partial charge on any atom is 0.309 e. The number of amides is 2. The molecule has 0 aliphatic rings. The molecule has 14 N–H and O–H groups in total. The smallest absolute Gasteiger partial charge is 0.309 e. The third-order valence-electron chi connectivity index (χ3n) is 0.267. The van der Waals surface area contributed by atoms with Crippen molar-refractivity contribution in [1.82, 2.24) is 0 Å². The highest BCUT2D eigenvalue weighted by Gasteiger charge is 1.66. The van der Waals surface area contributed by atoms with Gasteiger partial charge in [-0.25, -0.2) is 4.79 Å². The van der Waals surface area contributed by atoms with Gasteiger partial charge in [-0.05, 0) is 0 Å². The molecule has 2 amide bonds. The lowest BCUT2D eigenvalue weighted by atomic mass is 10.7. The van der Waals surface area contributed by atoms with Gasteiger partial charge in [-0.15, -0.1) is 0 Å². The maximum absolute atomic E-state index is 9.00. The number of carboxylic acids is 4. The summed E-state index contributed by atoms with van der Waals surface area (Å²) in [5.74, 6) is -3.33. The van der Waals surface area contributed by atoms with Crippen molar-refractivity contribution in [2.24, 2.45) is 22.9 Å².